The van der Waals surface area contributed by atoms with Crippen LogP contribution in [0.4, 0.5) is 0 Å². The van der Waals surface area contributed by atoms with Gasteiger partial charge in [0, 0.05) is 19.6 Å². The molecule has 7 heteroatoms. The van der Waals surface area contributed by atoms with Gasteiger partial charge in [-0.3, -0.25) is 4.79 Å². The molecule has 0 radical (unpaired) electrons. The summed E-state index contributed by atoms with van der Waals surface area (Å²) in [6.45, 7) is 2.24. The number of rotatable bonds is 2. The molecule has 0 saturated heterocycles. The summed E-state index contributed by atoms with van der Waals surface area (Å²) in [7, 11) is 0. The van der Waals surface area contributed by atoms with Gasteiger partial charge in [-0.05, 0) is 58.8 Å². The largest absolute Gasteiger partial charge is 0.305 e. The molecule has 1 atom stereocenters. The second-order valence-electron chi connectivity index (χ2n) is 6.28. The van der Waals surface area contributed by atoms with E-state index in [1.54, 1.807) is 17.4 Å². The lowest BCUT2D eigenvalue weighted by Gasteiger charge is -2.17. The van der Waals surface area contributed by atoms with E-state index in [0.29, 0.717) is 22.7 Å². The zero-order chi connectivity index (χ0) is 17.6. The topological polar surface area (TPSA) is 69.5 Å². The molecule has 126 valence electrons. The van der Waals surface area contributed by atoms with E-state index in [2.05, 4.69) is 38.9 Å². The van der Waals surface area contributed by atoms with Crippen molar-refractivity contribution < 1.29 is 0 Å². The highest BCUT2D eigenvalue weighted by atomic mass is 79.9. The molecule has 1 aliphatic rings. The zero-order valence-corrected chi connectivity index (χ0v) is 16.6. The number of allylic oxidation sites excluding steroid dienone is 1. The van der Waals surface area contributed by atoms with Gasteiger partial charge in [0.05, 0.1) is 11.0 Å². The number of halogens is 1. The highest BCUT2D eigenvalue weighted by molar-refractivity contribution is 9.10. The number of aromatic nitrogens is 2. The molecule has 3 aromatic heterocycles. The lowest BCUT2D eigenvalue weighted by molar-refractivity contribution is 0.509. The van der Waals surface area contributed by atoms with Gasteiger partial charge in [-0.1, -0.05) is 6.92 Å². The minimum Gasteiger partial charge on any atom is -0.305 e. The lowest BCUT2D eigenvalue weighted by Crippen LogP contribution is -2.14. The van der Waals surface area contributed by atoms with Crippen molar-refractivity contribution >= 4 is 60.5 Å². The Morgan fingerprint density at radius 2 is 2.40 bits per heavy atom. The van der Waals surface area contributed by atoms with E-state index in [9.17, 15) is 10.1 Å². The van der Waals surface area contributed by atoms with Gasteiger partial charge < -0.3 is 4.98 Å². The normalized spacial score (nSPS) is 17.5. The van der Waals surface area contributed by atoms with Crippen LogP contribution >= 0.6 is 38.6 Å². The van der Waals surface area contributed by atoms with Gasteiger partial charge in [-0.15, -0.1) is 22.7 Å². The third-order valence-corrected chi connectivity index (χ3v) is 7.20. The predicted molar refractivity (Wildman–Crippen MR) is 107 cm³/mol. The van der Waals surface area contributed by atoms with Crippen LogP contribution in [0.15, 0.2) is 20.7 Å². The molecule has 1 N–H and O–H groups in total. The zero-order valence-electron chi connectivity index (χ0n) is 13.4. The molecule has 0 amide bonds. The van der Waals surface area contributed by atoms with E-state index >= 15 is 0 Å². The van der Waals surface area contributed by atoms with Crippen molar-refractivity contribution in [2.45, 2.75) is 26.2 Å². The molecular formula is C18H14BrN3OS2. The summed E-state index contributed by atoms with van der Waals surface area (Å²) < 4.78 is 0.970. The average molecular weight is 432 g/mol. The molecule has 25 heavy (non-hydrogen) atoms. The number of nitriles is 1. The predicted octanol–water partition coefficient (Wildman–Crippen LogP) is 5.00. The molecule has 3 heterocycles. The van der Waals surface area contributed by atoms with Crippen molar-refractivity contribution in [2.24, 2.45) is 5.92 Å². The molecule has 3 aromatic rings. The van der Waals surface area contributed by atoms with Gasteiger partial charge in [-0.25, -0.2) is 4.98 Å². The minimum absolute atomic E-state index is 0.138. The van der Waals surface area contributed by atoms with Crippen molar-refractivity contribution in [3.05, 3.63) is 47.4 Å². The maximum Gasteiger partial charge on any atom is 0.260 e. The van der Waals surface area contributed by atoms with Crippen LogP contribution < -0.4 is 5.56 Å². The van der Waals surface area contributed by atoms with E-state index < -0.39 is 0 Å². The van der Waals surface area contributed by atoms with E-state index in [1.165, 1.54) is 16.2 Å². The lowest BCUT2D eigenvalue weighted by atomic mass is 9.89. The van der Waals surface area contributed by atoms with E-state index in [-0.39, 0.29) is 5.56 Å². The molecule has 0 fully saturated rings. The molecule has 1 aliphatic carbocycles. The van der Waals surface area contributed by atoms with Crippen LogP contribution in [0.1, 0.15) is 34.5 Å². The molecule has 0 saturated carbocycles. The molecule has 4 rings (SSSR count). The number of nitrogens with zero attached hydrogens (tertiary/aromatic N) is 2. The van der Waals surface area contributed by atoms with Gasteiger partial charge in [0.1, 0.15) is 10.9 Å². The molecule has 0 bridgehead atoms. The van der Waals surface area contributed by atoms with E-state index in [0.717, 1.165) is 39.0 Å². The third kappa shape index (κ3) is 3.10. The van der Waals surface area contributed by atoms with Crippen molar-refractivity contribution in [1.82, 2.24) is 9.97 Å². The third-order valence-electron chi connectivity index (χ3n) is 4.42. The standard InChI is InChI=1S/C18H14BrN3OS2/c1-9-2-3-13-14(4-9)25-18-15(13)17(23)21-16(22-18)10(7-20)5-12-6-11(19)8-24-12/h5-6,8-9H,2-4H2,1H3,(H,21,22,23)/b10-5+. The number of fused-ring (bicyclic) bond motifs is 3. The van der Waals surface area contributed by atoms with Gasteiger partial charge in [0.25, 0.3) is 5.56 Å². The summed E-state index contributed by atoms with van der Waals surface area (Å²) >= 11 is 6.53. The minimum atomic E-state index is -0.138. The second-order valence-corrected chi connectivity index (χ2v) is 9.23. The number of hydrogen-bond donors (Lipinski definition) is 1. The highest BCUT2D eigenvalue weighted by Gasteiger charge is 2.23. The van der Waals surface area contributed by atoms with E-state index in [4.69, 9.17) is 0 Å². The molecule has 4 nitrogen and oxygen atoms in total. The Morgan fingerprint density at radius 3 is 3.12 bits per heavy atom. The van der Waals surface area contributed by atoms with Crippen LogP contribution in [0.2, 0.25) is 0 Å². The fraction of sp³-hybridized carbons (Fsp3) is 0.278. The summed E-state index contributed by atoms with van der Waals surface area (Å²) in [6, 6.07) is 4.10. The van der Waals surface area contributed by atoms with Crippen LogP contribution in [-0.4, -0.2) is 9.97 Å². The first-order chi connectivity index (χ1) is 12.0. The Kier molecular flexibility index (Phi) is 4.36. The SMILES string of the molecule is CC1CCc2c(sc3nc(/C(C#N)=C/c4cc(Br)cs4)[nH]c(=O)c23)C1. The first-order valence-corrected chi connectivity index (χ1v) is 10.4. The smallest absolute Gasteiger partial charge is 0.260 e. The molecular weight excluding hydrogens is 418 g/mol. The Morgan fingerprint density at radius 1 is 1.56 bits per heavy atom. The summed E-state index contributed by atoms with van der Waals surface area (Å²) in [5.74, 6) is 0.988. The van der Waals surface area contributed by atoms with Crippen molar-refractivity contribution in [1.29, 1.82) is 5.26 Å². The monoisotopic (exact) mass is 431 g/mol. The average Bonchev–Trinajstić information content (AvgIpc) is 3.14. The van der Waals surface area contributed by atoms with Crippen LogP contribution in [0.3, 0.4) is 0 Å². The molecule has 0 aromatic carbocycles. The van der Waals surface area contributed by atoms with Gasteiger partial charge in [0.2, 0.25) is 0 Å². The summed E-state index contributed by atoms with van der Waals surface area (Å²) in [6.07, 6.45) is 4.81. The first kappa shape index (κ1) is 16.7. The summed E-state index contributed by atoms with van der Waals surface area (Å²) in [5.41, 5.74) is 1.39. The number of hydrogen-bond acceptors (Lipinski definition) is 5. The van der Waals surface area contributed by atoms with Gasteiger partial charge in [0.15, 0.2) is 5.82 Å². The number of nitrogens with one attached hydrogen (secondary N) is 1. The summed E-state index contributed by atoms with van der Waals surface area (Å²) in [5, 5.41) is 12.2. The summed E-state index contributed by atoms with van der Waals surface area (Å²) in [4.78, 5) is 23.0. The number of aromatic amines is 1. The second kappa shape index (κ2) is 6.52. The Balaban J connectivity index is 1.85. The van der Waals surface area contributed by atoms with Crippen molar-refractivity contribution in [2.75, 3.05) is 0 Å². The number of thiophene rings is 2. The molecule has 1 unspecified atom stereocenters. The molecule has 0 aliphatic heterocycles. The maximum absolute atomic E-state index is 12.7. The first-order valence-electron chi connectivity index (χ1n) is 7.96. The maximum atomic E-state index is 12.7. The van der Waals surface area contributed by atoms with Gasteiger partial charge in [-0.2, -0.15) is 5.26 Å². The van der Waals surface area contributed by atoms with Crippen LogP contribution in [0, 0.1) is 17.2 Å². The fourth-order valence-corrected chi connectivity index (χ4v) is 5.94. The quantitative estimate of drug-likeness (QED) is 0.580. The van der Waals surface area contributed by atoms with Crippen molar-refractivity contribution in [3.63, 3.8) is 0 Å². The Labute approximate surface area is 161 Å². The fourth-order valence-electron chi connectivity index (χ4n) is 3.18. The number of aryl methyl sites for hydroxylation is 1. The van der Waals surface area contributed by atoms with Crippen LogP contribution in [0.25, 0.3) is 21.9 Å². The highest BCUT2D eigenvalue weighted by Crippen LogP contribution is 2.36. The Bertz CT molecular complexity index is 1100. The van der Waals surface area contributed by atoms with Crippen LogP contribution in [-0.2, 0) is 12.8 Å². The molecule has 0 spiro atoms. The van der Waals surface area contributed by atoms with E-state index in [1.807, 2.05) is 11.4 Å². The van der Waals surface area contributed by atoms with Crippen molar-refractivity contribution in [3.8, 4) is 6.07 Å². The number of H-pyrrole nitrogens is 1. The Hall–Kier alpha value is -1.75. The van der Waals surface area contributed by atoms with Gasteiger partial charge >= 0.3 is 0 Å². The van der Waals surface area contributed by atoms with Crippen LogP contribution in [0.5, 0.6) is 0 Å².